The Morgan fingerprint density at radius 1 is 1.00 bits per heavy atom. The van der Waals surface area contributed by atoms with Crippen molar-refractivity contribution in [2.45, 2.75) is 32.0 Å². The summed E-state index contributed by atoms with van der Waals surface area (Å²) < 4.78 is 5.12. The van der Waals surface area contributed by atoms with Crippen LogP contribution in [-0.2, 0) is 13.1 Å². The van der Waals surface area contributed by atoms with E-state index in [0.717, 1.165) is 49.7 Å². The number of nitrogens with zero attached hydrogens (tertiary/aromatic N) is 2. The van der Waals surface area contributed by atoms with E-state index in [9.17, 15) is 4.79 Å². The maximum Gasteiger partial charge on any atom is 0.291 e. The van der Waals surface area contributed by atoms with Crippen LogP contribution < -0.4 is 16.0 Å². The average molecular weight is 446 g/mol. The lowest BCUT2D eigenvalue weighted by molar-refractivity contribution is 0.0996. The molecule has 1 amide bonds. The van der Waals surface area contributed by atoms with Crippen LogP contribution in [0.4, 0.5) is 5.69 Å². The Hall–Kier alpha value is -3.58. The molecule has 7 heteroatoms. The third-order valence-corrected chi connectivity index (χ3v) is 5.82. The smallest absolute Gasteiger partial charge is 0.291 e. The number of rotatable bonds is 7. The Labute approximate surface area is 194 Å². The summed E-state index contributed by atoms with van der Waals surface area (Å²) in [6.07, 6.45) is 3.67. The summed E-state index contributed by atoms with van der Waals surface area (Å²) in [7, 11) is 1.80. The van der Waals surface area contributed by atoms with Crippen molar-refractivity contribution in [1.29, 1.82) is 0 Å². The highest BCUT2D eigenvalue weighted by molar-refractivity contribution is 6.02. The van der Waals surface area contributed by atoms with E-state index >= 15 is 0 Å². The van der Waals surface area contributed by atoms with E-state index in [2.05, 4.69) is 56.2 Å². The molecule has 2 heterocycles. The van der Waals surface area contributed by atoms with Gasteiger partial charge in [-0.25, -0.2) is 0 Å². The minimum atomic E-state index is -0.259. The Bertz CT molecular complexity index is 1020. The van der Waals surface area contributed by atoms with Gasteiger partial charge in [-0.05, 0) is 48.2 Å². The fraction of sp³-hybridized carbons (Fsp3) is 0.308. The first kappa shape index (κ1) is 22.6. The van der Waals surface area contributed by atoms with Crippen LogP contribution in [0, 0.1) is 0 Å². The Balaban J connectivity index is 1.19. The molecule has 0 saturated carbocycles. The molecule has 172 valence electrons. The highest BCUT2D eigenvalue weighted by Gasteiger charge is 2.20. The number of carbonyl (C=O) groups excluding carboxylic acids is 1. The van der Waals surface area contributed by atoms with Crippen LogP contribution >= 0.6 is 0 Å². The molecular weight excluding hydrogens is 414 g/mol. The van der Waals surface area contributed by atoms with Crippen LogP contribution in [0.1, 0.15) is 34.5 Å². The Morgan fingerprint density at radius 3 is 2.42 bits per heavy atom. The molecule has 33 heavy (non-hydrogen) atoms. The fourth-order valence-electron chi connectivity index (χ4n) is 3.96. The number of guanidine groups is 1. The zero-order chi connectivity index (χ0) is 22.9. The van der Waals surface area contributed by atoms with Gasteiger partial charge in [-0.2, -0.15) is 0 Å². The summed E-state index contributed by atoms with van der Waals surface area (Å²) in [6, 6.07) is 22.1. The predicted molar refractivity (Wildman–Crippen MR) is 131 cm³/mol. The molecule has 7 nitrogen and oxygen atoms in total. The first-order chi connectivity index (χ1) is 16.2. The van der Waals surface area contributed by atoms with Crippen LogP contribution in [0.25, 0.3) is 0 Å². The quantitative estimate of drug-likeness (QED) is 0.380. The maximum atomic E-state index is 12.1. The van der Waals surface area contributed by atoms with E-state index in [-0.39, 0.29) is 5.91 Å². The number of piperidine rings is 1. The molecule has 0 bridgehead atoms. The zero-order valence-electron chi connectivity index (χ0n) is 19.0. The Kier molecular flexibility index (Phi) is 7.76. The van der Waals surface area contributed by atoms with Crippen molar-refractivity contribution in [2.24, 2.45) is 4.99 Å². The van der Waals surface area contributed by atoms with E-state index in [4.69, 9.17) is 4.42 Å². The van der Waals surface area contributed by atoms with Gasteiger partial charge in [0.2, 0.25) is 0 Å². The summed E-state index contributed by atoms with van der Waals surface area (Å²) in [6.45, 7) is 3.82. The Morgan fingerprint density at radius 2 is 1.76 bits per heavy atom. The van der Waals surface area contributed by atoms with Gasteiger partial charge in [-0.1, -0.05) is 42.5 Å². The van der Waals surface area contributed by atoms with E-state index in [1.54, 1.807) is 19.2 Å². The van der Waals surface area contributed by atoms with Crippen molar-refractivity contribution < 1.29 is 9.21 Å². The summed E-state index contributed by atoms with van der Waals surface area (Å²) in [5.41, 5.74) is 3.20. The van der Waals surface area contributed by atoms with Gasteiger partial charge in [-0.3, -0.25) is 14.7 Å². The number of nitrogens with one attached hydrogen (secondary N) is 3. The van der Waals surface area contributed by atoms with Crippen molar-refractivity contribution in [1.82, 2.24) is 15.5 Å². The molecule has 0 aliphatic carbocycles. The first-order valence-corrected chi connectivity index (χ1v) is 11.4. The van der Waals surface area contributed by atoms with Crippen molar-refractivity contribution >= 4 is 17.6 Å². The van der Waals surface area contributed by atoms with Crippen LogP contribution in [0.5, 0.6) is 0 Å². The molecule has 1 saturated heterocycles. The van der Waals surface area contributed by atoms with Gasteiger partial charge >= 0.3 is 0 Å². The SMILES string of the molecule is CN=C(NCc1ccc(NC(=O)c2ccco2)cc1)NC1CCN(Cc2ccccc2)CC1. The first-order valence-electron chi connectivity index (χ1n) is 11.4. The lowest BCUT2D eigenvalue weighted by Crippen LogP contribution is -2.48. The van der Waals surface area contributed by atoms with Crippen LogP contribution in [0.15, 0.2) is 82.4 Å². The summed E-state index contributed by atoms with van der Waals surface area (Å²) in [4.78, 5) is 19.0. The number of carbonyl (C=O) groups is 1. The molecular formula is C26H31N5O2. The number of furan rings is 1. The predicted octanol–water partition coefficient (Wildman–Crippen LogP) is 3.86. The van der Waals surface area contributed by atoms with E-state index < -0.39 is 0 Å². The monoisotopic (exact) mass is 445 g/mol. The molecule has 3 N–H and O–H groups in total. The van der Waals surface area contributed by atoms with Crippen LogP contribution in [-0.4, -0.2) is 42.9 Å². The summed E-state index contributed by atoms with van der Waals surface area (Å²) in [5.74, 6) is 0.846. The zero-order valence-corrected chi connectivity index (χ0v) is 19.0. The number of benzene rings is 2. The molecule has 1 aliphatic rings. The van der Waals surface area contributed by atoms with Gasteiger partial charge in [-0.15, -0.1) is 0 Å². The second-order valence-corrected chi connectivity index (χ2v) is 8.23. The number of anilines is 1. The summed E-state index contributed by atoms with van der Waals surface area (Å²) >= 11 is 0. The molecule has 3 aromatic rings. The summed E-state index contributed by atoms with van der Waals surface area (Å²) in [5, 5.41) is 9.78. The molecule has 1 fully saturated rings. The number of hydrogen-bond donors (Lipinski definition) is 3. The van der Waals surface area contributed by atoms with E-state index in [0.29, 0.717) is 18.3 Å². The van der Waals surface area contributed by atoms with Gasteiger partial charge in [0.15, 0.2) is 11.7 Å². The van der Waals surface area contributed by atoms with Crippen LogP contribution in [0.2, 0.25) is 0 Å². The second kappa shape index (κ2) is 11.3. The topological polar surface area (TPSA) is 81.9 Å². The van der Waals surface area contributed by atoms with Crippen molar-refractivity contribution in [3.8, 4) is 0 Å². The van der Waals surface area contributed by atoms with Crippen molar-refractivity contribution in [3.05, 3.63) is 89.9 Å². The normalized spacial score (nSPS) is 15.2. The molecule has 0 atom stereocenters. The maximum absolute atomic E-state index is 12.1. The number of amides is 1. The minimum Gasteiger partial charge on any atom is -0.459 e. The molecule has 0 spiro atoms. The molecule has 0 unspecified atom stereocenters. The van der Waals surface area contributed by atoms with E-state index in [1.807, 2.05) is 24.3 Å². The lowest BCUT2D eigenvalue weighted by Gasteiger charge is -2.33. The fourth-order valence-corrected chi connectivity index (χ4v) is 3.96. The minimum absolute atomic E-state index is 0.259. The lowest BCUT2D eigenvalue weighted by atomic mass is 10.0. The van der Waals surface area contributed by atoms with Gasteiger partial charge in [0.05, 0.1) is 6.26 Å². The van der Waals surface area contributed by atoms with Gasteiger partial charge in [0.1, 0.15) is 0 Å². The molecule has 4 rings (SSSR count). The third-order valence-electron chi connectivity index (χ3n) is 5.82. The number of hydrogen-bond acceptors (Lipinski definition) is 4. The molecule has 0 radical (unpaired) electrons. The van der Waals surface area contributed by atoms with Crippen LogP contribution in [0.3, 0.4) is 0 Å². The third kappa shape index (κ3) is 6.70. The largest absolute Gasteiger partial charge is 0.459 e. The highest BCUT2D eigenvalue weighted by Crippen LogP contribution is 2.14. The number of aliphatic imine (C=N–C) groups is 1. The van der Waals surface area contributed by atoms with Crippen molar-refractivity contribution in [2.75, 3.05) is 25.5 Å². The molecule has 1 aromatic heterocycles. The number of likely N-dealkylation sites (tertiary alicyclic amines) is 1. The van der Waals surface area contributed by atoms with Gasteiger partial charge in [0.25, 0.3) is 5.91 Å². The average Bonchev–Trinajstić information content (AvgIpc) is 3.40. The van der Waals surface area contributed by atoms with E-state index in [1.165, 1.54) is 11.8 Å². The highest BCUT2D eigenvalue weighted by atomic mass is 16.3. The van der Waals surface area contributed by atoms with Gasteiger partial charge < -0.3 is 20.4 Å². The van der Waals surface area contributed by atoms with Crippen molar-refractivity contribution in [3.63, 3.8) is 0 Å². The standard InChI is InChI=1S/C26H31N5O2/c1-27-26(30-23-13-15-31(16-14-23)19-21-6-3-2-4-7-21)28-18-20-9-11-22(12-10-20)29-25(32)24-8-5-17-33-24/h2-12,17,23H,13-16,18-19H2,1H3,(H,29,32)(H2,27,28,30). The molecule has 2 aromatic carbocycles. The van der Waals surface area contributed by atoms with Gasteiger partial charge in [0, 0.05) is 45.0 Å². The molecule has 1 aliphatic heterocycles. The second-order valence-electron chi connectivity index (χ2n) is 8.23.